The molecule has 1 aromatic heterocycles. The summed E-state index contributed by atoms with van der Waals surface area (Å²) in [4.78, 5) is 12.4. The van der Waals surface area contributed by atoms with Gasteiger partial charge in [0.2, 0.25) is 0 Å². The van der Waals surface area contributed by atoms with Crippen molar-refractivity contribution in [2.75, 3.05) is 24.3 Å². The highest BCUT2D eigenvalue weighted by Crippen LogP contribution is 2.22. The van der Waals surface area contributed by atoms with Crippen LogP contribution in [0.25, 0.3) is 0 Å². The van der Waals surface area contributed by atoms with E-state index in [0.717, 1.165) is 12.1 Å². The molecule has 1 aliphatic rings. The summed E-state index contributed by atoms with van der Waals surface area (Å²) in [7, 11) is -2.01. The number of ether oxygens (including phenoxy) is 1. The Morgan fingerprint density at radius 3 is 2.73 bits per heavy atom. The van der Waals surface area contributed by atoms with Crippen molar-refractivity contribution < 1.29 is 26.7 Å². The number of hydrogen-bond acceptors (Lipinski definition) is 4. The fourth-order valence-corrected chi connectivity index (χ4v) is 4.51. The molecule has 6 nitrogen and oxygen atoms in total. The zero-order valence-electron chi connectivity index (χ0n) is 14.0. The van der Waals surface area contributed by atoms with Gasteiger partial charge < -0.3 is 14.6 Å². The second kappa shape index (κ2) is 7.16. The van der Waals surface area contributed by atoms with E-state index in [2.05, 4.69) is 5.32 Å². The molecular weight excluding hydrogens is 366 g/mol. The highest BCUT2D eigenvalue weighted by atomic mass is 32.2. The number of nitrogens with zero attached hydrogens (tertiary/aromatic N) is 1. The first-order valence-corrected chi connectivity index (χ1v) is 9.65. The van der Waals surface area contributed by atoms with Gasteiger partial charge in [-0.2, -0.15) is 0 Å². The van der Waals surface area contributed by atoms with Crippen LogP contribution in [0.2, 0.25) is 0 Å². The van der Waals surface area contributed by atoms with Crippen LogP contribution in [0.4, 0.5) is 14.5 Å². The van der Waals surface area contributed by atoms with E-state index in [1.807, 2.05) is 0 Å². The predicted molar refractivity (Wildman–Crippen MR) is 90.7 cm³/mol. The molecule has 1 aliphatic heterocycles. The molecule has 1 aromatic carbocycles. The van der Waals surface area contributed by atoms with Gasteiger partial charge in [0.05, 0.1) is 17.3 Å². The van der Waals surface area contributed by atoms with Gasteiger partial charge in [0, 0.05) is 31.6 Å². The molecule has 2 aromatic rings. The maximum absolute atomic E-state index is 13.2. The average molecular weight is 384 g/mol. The summed E-state index contributed by atoms with van der Waals surface area (Å²) in [6.07, 6.45) is 2.06. The topological polar surface area (TPSA) is 77.4 Å². The van der Waals surface area contributed by atoms with Crippen LogP contribution in [-0.2, 0) is 21.6 Å². The number of halogens is 2. The molecule has 0 unspecified atom stereocenters. The molecule has 0 saturated carbocycles. The van der Waals surface area contributed by atoms with Gasteiger partial charge in [-0.3, -0.25) is 4.79 Å². The largest absolute Gasteiger partial charge is 0.381 e. The fraction of sp³-hybridized carbons (Fsp3) is 0.353. The summed E-state index contributed by atoms with van der Waals surface area (Å²) >= 11 is 0. The molecule has 140 valence electrons. The van der Waals surface area contributed by atoms with Crippen molar-refractivity contribution in [2.45, 2.75) is 11.3 Å². The van der Waals surface area contributed by atoms with Crippen LogP contribution in [0.5, 0.6) is 0 Å². The second-order valence-electron chi connectivity index (χ2n) is 6.27. The maximum atomic E-state index is 13.2. The predicted octanol–water partition coefficient (Wildman–Crippen LogP) is 2.37. The number of nitrogens with one attached hydrogen (secondary N) is 1. The van der Waals surface area contributed by atoms with E-state index in [4.69, 9.17) is 4.74 Å². The lowest BCUT2D eigenvalue weighted by atomic mass is 10.2. The van der Waals surface area contributed by atoms with E-state index in [1.54, 1.807) is 0 Å². The average Bonchev–Trinajstić information content (AvgIpc) is 3.20. The summed E-state index contributed by atoms with van der Waals surface area (Å²) in [5.41, 5.74) is 0.165. The standard InChI is InChI=1S/C17H18F2N2O4S/c1-21-8-13(26(23,24)10-11-4-5-25-9-11)7-16(21)17(22)20-12-2-3-14(18)15(19)6-12/h2-3,6-8,11H,4-5,9-10H2,1H3,(H,20,22)/t11-/m0/s1. The molecule has 0 spiro atoms. The summed E-state index contributed by atoms with van der Waals surface area (Å²) in [6, 6.07) is 4.25. The van der Waals surface area contributed by atoms with Crippen molar-refractivity contribution >= 4 is 21.4 Å². The molecule has 0 radical (unpaired) electrons. The van der Waals surface area contributed by atoms with Crippen LogP contribution in [0.15, 0.2) is 35.4 Å². The van der Waals surface area contributed by atoms with Crippen molar-refractivity contribution in [3.63, 3.8) is 0 Å². The minimum Gasteiger partial charge on any atom is -0.381 e. The third-order valence-electron chi connectivity index (χ3n) is 4.23. The molecule has 0 aliphatic carbocycles. The van der Waals surface area contributed by atoms with Crippen molar-refractivity contribution in [1.82, 2.24) is 4.57 Å². The highest BCUT2D eigenvalue weighted by Gasteiger charge is 2.27. The third kappa shape index (κ3) is 3.94. The number of sulfone groups is 1. The third-order valence-corrected chi connectivity index (χ3v) is 6.08. The monoisotopic (exact) mass is 384 g/mol. The van der Waals surface area contributed by atoms with Gasteiger partial charge in [0.25, 0.3) is 5.91 Å². The summed E-state index contributed by atoms with van der Waals surface area (Å²) < 4.78 is 57.8. The molecule has 1 atom stereocenters. The number of anilines is 1. The smallest absolute Gasteiger partial charge is 0.272 e. The van der Waals surface area contributed by atoms with E-state index in [0.29, 0.717) is 19.6 Å². The van der Waals surface area contributed by atoms with E-state index in [-0.39, 0.29) is 27.9 Å². The van der Waals surface area contributed by atoms with Gasteiger partial charge >= 0.3 is 0 Å². The molecule has 9 heteroatoms. The molecular formula is C17H18F2N2O4S. The Bertz CT molecular complexity index is 934. The fourth-order valence-electron chi connectivity index (χ4n) is 2.82. The van der Waals surface area contributed by atoms with Crippen molar-refractivity contribution in [2.24, 2.45) is 13.0 Å². The van der Waals surface area contributed by atoms with Gasteiger partial charge in [-0.15, -0.1) is 0 Å². The van der Waals surface area contributed by atoms with E-state index < -0.39 is 27.4 Å². The maximum Gasteiger partial charge on any atom is 0.272 e. The summed E-state index contributed by atoms with van der Waals surface area (Å²) in [5, 5.41) is 2.42. The number of aryl methyl sites for hydroxylation is 1. The Kier molecular flexibility index (Phi) is 5.10. The van der Waals surface area contributed by atoms with Gasteiger partial charge in [-0.25, -0.2) is 17.2 Å². The first-order valence-electron chi connectivity index (χ1n) is 7.99. The zero-order chi connectivity index (χ0) is 18.9. The molecule has 1 amide bonds. The summed E-state index contributed by atoms with van der Waals surface area (Å²) in [6.45, 7) is 0.965. The van der Waals surface area contributed by atoms with Gasteiger partial charge in [0.1, 0.15) is 5.69 Å². The quantitative estimate of drug-likeness (QED) is 0.859. The number of carbonyl (C=O) groups is 1. The second-order valence-corrected chi connectivity index (χ2v) is 8.30. The lowest BCUT2D eigenvalue weighted by molar-refractivity contribution is 0.101. The Balaban J connectivity index is 1.78. The first-order chi connectivity index (χ1) is 12.3. The number of rotatable bonds is 5. The lowest BCUT2D eigenvalue weighted by Crippen LogP contribution is -2.16. The number of benzene rings is 1. The normalized spacial score (nSPS) is 17.4. The van der Waals surface area contributed by atoms with Crippen molar-refractivity contribution in [1.29, 1.82) is 0 Å². The van der Waals surface area contributed by atoms with Crippen molar-refractivity contribution in [3.05, 3.63) is 47.8 Å². The lowest BCUT2D eigenvalue weighted by Gasteiger charge is -2.07. The van der Waals surface area contributed by atoms with Crippen LogP contribution in [-0.4, -0.2) is 37.9 Å². The SMILES string of the molecule is Cn1cc(S(=O)(=O)C[C@H]2CCOC2)cc1C(=O)Nc1ccc(F)c(F)c1. The van der Waals surface area contributed by atoms with E-state index in [1.165, 1.54) is 29.9 Å². The minimum atomic E-state index is -3.55. The Morgan fingerprint density at radius 1 is 1.31 bits per heavy atom. The Hall–Kier alpha value is -2.26. The van der Waals surface area contributed by atoms with Gasteiger partial charge in [-0.1, -0.05) is 0 Å². The molecule has 26 heavy (non-hydrogen) atoms. The van der Waals surface area contributed by atoms with Crippen LogP contribution >= 0.6 is 0 Å². The molecule has 1 saturated heterocycles. The van der Waals surface area contributed by atoms with E-state index in [9.17, 15) is 22.0 Å². The van der Waals surface area contributed by atoms with Crippen LogP contribution in [0.3, 0.4) is 0 Å². The first kappa shape index (κ1) is 18.5. The summed E-state index contributed by atoms with van der Waals surface area (Å²) in [5.74, 6) is -2.83. The van der Waals surface area contributed by atoms with Crippen molar-refractivity contribution in [3.8, 4) is 0 Å². The number of aromatic nitrogens is 1. The van der Waals surface area contributed by atoms with Gasteiger partial charge in [-0.05, 0) is 30.5 Å². The number of carbonyl (C=O) groups excluding carboxylic acids is 1. The highest BCUT2D eigenvalue weighted by molar-refractivity contribution is 7.91. The molecule has 2 heterocycles. The van der Waals surface area contributed by atoms with Gasteiger partial charge in [0.15, 0.2) is 21.5 Å². The number of amides is 1. The Morgan fingerprint density at radius 2 is 2.08 bits per heavy atom. The zero-order valence-corrected chi connectivity index (χ0v) is 14.9. The van der Waals surface area contributed by atoms with Crippen LogP contribution in [0.1, 0.15) is 16.9 Å². The molecule has 1 fully saturated rings. The Labute approximate surface area is 149 Å². The van der Waals surface area contributed by atoms with Crippen LogP contribution in [0, 0.1) is 17.6 Å². The number of hydrogen-bond donors (Lipinski definition) is 1. The minimum absolute atomic E-state index is 0.0404. The van der Waals surface area contributed by atoms with Crippen LogP contribution < -0.4 is 5.32 Å². The van der Waals surface area contributed by atoms with E-state index >= 15 is 0 Å². The molecule has 0 bridgehead atoms. The molecule has 3 rings (SSSR count). The molecule has 1 N–H and O–H groups in total.